The van der Waals surface area contributed by atoms with Crippen molar-refractivity contribution in [3.05, 3.63) is 41.5 Å². The van der Waals surface area contributed by atoms with Crippen molar-refractivity contribution < 1.29 is 22.4 Å². The topological polar surface area (TPSA) is 51.4 Å². The van der Waals surface area contributed by atoms with E-state index < -0.39 is 6.36 Å². The molecule has 0 N–H and O–H groups in total. The van der Waals surface area contributed by atoms with E-state index >= 15 is 0 Å². The van der Waals surface area contributed by atoms with E-state index in [0.29, 0.717) is 30.4 Å². The molecule has 0 unspecified atom stereocenters. The van der Waals surface area contributed by atoms with Crippen LogP contribution in [-0.4, -0.2) is 34.5 Å². The van der Waals surface area contributed by atoms with Gasteiger partial charge in [0.05, 0.1) is 0 Å². The summed E-state index contributed by atoms with van der Waals surface area (Å²) in [4.78, 5) is 6.36. The molecular weight excluding hydrogens is 323 g/mol. The number of likely N-dealkylation sites (tertiary alicyclic amines) is 1. The number of para-hydroxylation sites is 1. The van der Waals surface area contributed by atoms with Gasteiger partial charge in [0.2, 0.25) is 5.89 Å². The number of ether oxygens (including phenoxy) is 1. The van der Waals surface area contributed by atoms with Gasteiger partial charge in [-0.05, 0) is 25.5 Å². The molecule has 0 radical (unpaired) electrons. The van der Waals surface area contributed by atoms with E-state index in [2.05, 4.69) is 19.8 Å². The molecule has 24 heavy (non-hydrogen) atoms. The molecule has 0 aliphatic carbocycles. The smallest absolute Gasteiger partial charge is 0.405 e. The van der Waals surface area contributed by atoms with Gasteiger partial charge < -0.3 is 9.26 Å². The Bertz CT molecular complexity index is 687. The van der Waals surface area contributed by atoms with Crippen LogP contribution < -0.4 is 4.74 Å². The molecule has 130 valence electrons. The zero-order chi connectivity index (χ0) is 17.2. The summed E-state index contributed by atoms with van der Waals surface area (Å²) in [7, 11) is 0. The van der Waals surface area contributed by atoms with Crippen molar-refractivity contribution in [1.29, 1.82) is 0 Å². The first-order chi connectivity index (χ1) is 11.4. The molecule has 5 nitrogen and oxygen atoms in total. The second-order valence-corrected chi connectivity index (χ2v) is 5.90. The Labute approximate surface area is 137 Å². The lowest BCUT2D eigenvalue weighted by Crippen LogP contribution is -2.34. The summed E-state index contributed by atoms with van der Waals surface area (Å²) < 4.78 is 46.7. The van der Waals surface area contributed by atoms with E-state index in [0.717, 1.165) is 19.4 Å². The van der Waals surface area contributed by atoms with Gasteiger partial charge in [-0.3, -0.25) is 4.90 Å². The minimum atomic E-state index is -4.69. The van der Waals surface area contributed by atoms with Crippen LogP contribution in [0.1, 0.15) is 36.0 Å². The van der Waals surface area contributed by atoms with Crippen LogP contribution in [0.25, 0.3) is 0 Å². The van der Waals surface area contributed by atoms with Crippen LogP contribution in [0.4, 0.5) is 13.2 Å². The molecule has 0 saturated carbocycles. The summed E-state index contributed by atoms with van der Waals surface area (Å²) in [5, 5.41) is 3.96. The van der Waals surface area contributed by atoms with E-state index in [4.69, 9.17) is 4.52 Å². The largest absolute Gasteiger partial charge is 0.573 e. The predicted molar refractivity (Wildman–Crippen MR) is 79.4 cm³/mol. The molecule has 8 heteroatoms. The van der Waals surface area contributed by atoms with Gasteiger partial charge in [0, 0.05) is 31.5 Å². The summed E-state index contributed by atoms with van der Waals surface area (Å²) in [5.74, 6) is 1.16. The molecule has 1 atom stereocenters. The highest BCUT2D eigenvalue weighted by molar-refractivity contribution is 5.33. The average Bonchev–Trinajstić information content (AvgIpc) is 2.95. The summed E-state index contributed by atoms with van der Waals surface area (Å²) in [6.07, 6.45) is -2.82. The minimum absolute atomic E-state index is 0.131. The van der Waals surface area contributed by atoms with Crippen LogP contribution in [0.15, 0.2) is 28.8 Å². The molecule has 3 rings (SSSR count). The standard InChI is InChI=1S/C16H18F3N3O2/c1-11-20-15(21-24-11)13-6-4-8-22(10-13)9-12-5-2-3-7-14(12)23-16(17,18)19/h2-3,5,7,13H,4,6,8-10H2,1H3/t13-/m1/s1. The van der Waals surface area contributed by atoms with Crippen LogP contribution in [0.3, 0.4) is 0 Å². The van der Waals surface area contributed by atoms with Crippen LogP contribution in [0, 0.1) is 6.92 Å². The SMILES string of the molecule is Cc1nc([C@@H]2CCCN(Cc3ccccc3OC(F)(F)F)C2)no1. The quantitative estimate of drug-likeness (QED) is 0.849. The van der Waals surface area contributed by atoms with Gasteiger partial charge in [0.15, 0.2) is 5.82 Å². The number of aryl methyl sites for hydroxylation is 1. The number of aromatic nitrogens is 2. The fourth-order valence-electron chi connectivity index (χ4n) is 2.99. The molecule has 1 aromatic heterocycles. The maximum absolute atomic E-state index is 12.5. The lowest BCUT2D eigenvalue weighted by atomic mass is 9.97. The Hall–Kier alpha value is -2.09. The van der Waals surface area contributed by atoms with E-state index in [-0.39, 0.29) is 11.7 Å². The van der Waals surface area contributed by atoms with E-state index in [1.165, 1.54) is 12.1 Å². The van der Waals surface area contributed by atoms with E-state index in [9.17, 15) is 13.2 Å². The monoisotopic (exact) mass is 341 g/mol. The predicted octanol–water partition coefficient (Wildman–Crippen LogP) is 3.66. The first kappa shape index (κ1) is 16.8. The van der Waals surface area contributed by atoms with Gasteiger partial charge in [-0.15, -0.1) is 13.2 Å². The van der Waals surface area contributed by atoms with Gasteiger partial charge in [0.25, 0.3) is 0 Å². The Morgan fingerprint density at radius 2 is 2.12 bits per heavy atom. The van der Waals surface area contributed by atoms with Crippen molar-refractivity contribution in [2.24, 2.45) is 0 Å². The highest BCUT2D eigenvalue weighted by atomic mass is 19.4. The number of halogens is 3. The number of hydrogen-bond donors (Lipinski definition) is 0. The summed E-state index contributed by atoms with van der Waals surface area (Å²) in [6, 6.07) is 6.24. The average molecular weight is 341 g/mol. The zero-order valence-corrected chi connectivity index (χ0v) is 13.2. The highest BCUT2D eigenvalue weighted by Crippen LogP contribution is 2.30. The molecule has 0 spiro atoms. The zero-order valence-electron chi connectivity index (χ0n) is 13.2. The fourth-order valence-corrected chi connectivity index (χ4v) is 2.99. The molecule has 1 aromatic carbocycles. The van der Waals surface area contributed by atoms with E-state index in [1.54, 1.807) is 19.1 Å². The maximum Gasteiger partial charge on any atom is 0.573 e. The van der Waals surface area contributed by atoms with Crippen molar-refractivity contribution in [2.45, 2.75) is 38.6 Å². The summed E-state index contributed by atoms with van der Waals surface area (Å²) in [5.41, 5.74) is 0.514. The Morgan fingerprint density at radius 3 is 2.83 bits per heavy atom. The molecule has 0 amide bonds. The second kappa shape index (κ2) is 6.80. The third-order valence-corrected chi connectivity index (χ3v) is 4.01. The second-order valence-electron chi connectivity index (χ2n) is 5.90. The molecule has 1 saturated heterocycles. The van der Waals surface area contributed by atoms with Crippen molar-refractivity contribution in [3.63, 3.8) is 0 Å². The van der Waals surface area contributed by atoms with Crippen LogP contribution in [-0.2, 0) is 6.54 Å². The minimum Gasteiger partial charge on any atom is -0.405 e. The lowest BCUT2D eigenvalue weighted by molar-refractivity contribution is -0.275. The number of rotatable bonds is 4. The van der Waals surface area contributed by atoms with Gasteiger partial charge in [-0.2, -0.15) is 4.98 Å². The number of nitrogens with zero attached hydrogens (tertiary/aromatic N) is 3. The molecule has 1 aliphatic heterocycles. The number of benzene rings is 1. The normalized spacial score (nSPS) is 19.4. The molecule has 0 bridgehead atoms. The molecule has 2 aromatic rings. The Morgan fingerprint density at radius 1 is 1.33 bits per heavy atom. The summed E-state index contributed by atoms with van der Waals surface area (Å²) >= 11 is 0. The highest BCUT2D eigenvalue weighted by Gasteiger charge is 2.32. The van der Waals surface area contributed by atoms with Crippen molar-refractivity contribution >= 4 is 0 Å². The first-order valence-electron chi connectivity index (χ1n) is 7.77. The van der Waals surface area contributed by atoms with Gasteiger partial charge in [-0.25, -0.2) is 0 Å². The molecule has 1 fully saturated rings. The molecule has 1 aliphatic rings. The lowest BCUT2D eigenvalue weighted by Gasteiger charge is -2.31. The molecular formula is C16H18F3N3O2. The van der Waals surface area contributed by atoms with Crippen LogP contribution >= 0.6 is 0 Å². The van der Waals surface area contributed by atoms with Crippen LogP contribution in [0.2, 0.25) is 0 Å². The van der Waals surface area contributed by atoms with Gasteiger partial charge in [-0.1, -0.05) is 23.4 Å². The first-order valence-corrected chi connectivity index (χ1v) is 7.77. The van der Waals surface area contributed by atoms with Gasteiger partial charge >= 0.3 is 6.36 Å². The van der Waals surface area contributed by atoms with Crippen LogP contribution in [0.5, 0.6) is 5.75 Å². The summed E-state index contributed by atoms with van der Waals surface area (Å²) in [6.45, 7) is 3.62. The maximum atomic E-state index is 12.5. The third kappa shape index (κ3) is 4.25. The van der Waals surface area contributed by atoms with Gasteiger partial charge in [0.1, 0.15) is 5.75 Å². The Balaban J connectivity index is 1.70. The number of piperidine rings is 1. The number of alkyl halides is 3. The third-order valence-electron chi connectivity index (χ3n) is 4.01. The fraction of sp³-hybridized carbons (Fsp3) is 0.500. The Kier molecular flexibility index (Phi) is 4.75. The van der Waals surface area contributed by atoms with Crippen molar-refractivity contribution in [1.82, 2.24) is 15.0 Å². The number of hydrogen-bond acceptors (Lipinski definition) is 5. The molecule has 2 heterocycles. The van der Waals surface area contributed by atoms with E-state index in [1.807, 2.05) is 0 Å². The van der Waals surface area contributed by atoms with Crippen molar-refractivity contribution in [3.8, 4) is 5.75 Å². The van der Waals surface area contributed by atoms with Crippen molar-refractivity contribution in [2.75, 3.05) is 13.1 Å².